The Morgan fingerprint density at radius 1 is 1.19 bits per heavy atom. The zero-order valence-electron chi connectivity index (χ0n) is 15.7. The smallest absolute Gasteiger partial charge is 0.259 e. The van der Waals surface area contributed by atoms with Crippen molar-refractivity contribution in [1.29, 1.82) is 0 Å². The maximum atomic E-state index is 13.2. The van der Waals surface area contributed by atoms with Gasteiger partial charge in [0.15, 0.2) is 0 Å². The molecule has 0 unspecified atom stereocenters. The fraction of sp³-hybridized carbons (Fsp3) is 0.500. The van der Waals surface area contributed by atoms with Gasteiger partial charge in [-0.3, -0.25) is 19.2 Å². The van der Waals surface area contributed by atoms with E-state index in [0.29, 0.717) is 41.8 Å². The van der Waals surface area contributed by atoms with Crippen molar-refractivity contribution in [2.45, 2.75) is 58.7 Å². The van der Waals surface area contributed by atoms with E-state index in [1.165, 1.54) is 25.7 Å². The van der Waals surface area contributed by atoms with Crippen molar-refractivity contribution < 1.29 is 0 Å². The van der Waals surface area contributed by atoms with Crippen LogP contribution >= 0.6 is 23.2 Å². The van der Waals surface area contributed by atoms with Gasteiger partial charge in [-0.2, -0.15) is 0 Å². The Morgan fingerprint density at radius 2 is 1.93 bits per heavy atom. The average Bonchev–Trinajstić information content (AvgIpc) is 3.16. The van der Waals surface area contributed by atoms with Crippen molar-refractivity contribution in [3.05, 3.63) is 49.9 Å². The number of anilines is 2. The van der Waals surface area contributed by atoms with Crippen LogP contribution < -0.4 is 10.5 Å². The molecule has 0 radical (unpaired) electrons. The van der Waals surface area contributed by atoms with Crippen molar-refractivity contribution in [3.63, 3.8) is 0 Å². The van der Waals surface area contributed by atoms with E-state index in [0.717, 1.165) is 16.9 Å². The largest absolute Gasteiger partial charge is 0.297 e. The van der Waals surface area contributed by atoms with Crippen LogP contribution in [-0.4, -0.2) is 27.2 Å². The minimum atomic E-state index is 0.0535. The summed E-state index contributed by atoms with van der Waals surface area (Å²) in [6.07, 6.45) is 5.52. The van der Waals surface area contributed by atoms with Gasteiger partial charge in [-0.1, -0.05) is 43.0 Å². The van der Waals surface area contributed by atoms with Crippen molar-refractivity contribution in [1.82, 2.24) is 14.5 Å². The molecule has 5 nitrogen and oxygen atoms in total. The average molecular weight is 407 g/mol. The van der Waals surface area contributed by atoms with Crippen LogP contribution in [0, 0.1) is 6.92 Å². The molecule has 0 amide bonds. The summed E-state index contributed by atoms with van der Waals surface area (Å²) < 4.78 is 1.80. The number of aryl methyl sites for hydroxylation is 1. The lowest BCUT2D eigenvalue weighted by molar-refractivity contribution is 0.138. The van der Waals surface area contributed by atoms with E-state index >= 15 is 0 Å². The third kappa shape index (κ3) is 3.37. The predicted molar refractivity (Wildman–Crippen MR) is 110 cm³/mol. The van der Waals surface area contributed by atoms with Crippen LogP contribution in [0.25, 0.3) is 0 Å². The van der Waals surface area contributed by atoms with E-state index in [1.807, 2.05) is 30.9 Å². The molecule has 1 aromatic carbocycles. The third-order valence-corrected chi connectivity index (χ3v) is 6.27. The van der Waals surface area contributed by atoms with Gasteiger partial charge in [0.2, 0.25) is 5.95 Å². The molecule has 7 heteroatoms. The quantitative estimate of drug-likeness (QED) is 0.738. The van der Waals surface area contributed by atoms with Gasteiger partial charge < -0.3 is 0 Å². The Kier molecular flexibility index (Phi) is 5.19. The first kappa shape index (κ1) is 18.8. The summed E-state index contributed by atoms with van der Waals surface area (Å²) in [7, 11) is 0. The Balaban J connectivity index is 1.86. The molecule has 2 aliphatic rings. The van der Waals surface area contributed by atoms with Crippen molar-refractivity contribution in [3.8, 4) is 0 Å². The lowest BCUT2D eigenvalue weighted by Crippen LogP contribution is -2.51. The van der Waals surface area contributed by atoms with E-state index in [9.17, 15) is 4.79 Å². The van der Waals surface area contributed by atoms with E-state index < -0.39 is 0 Å². The number of hydrogen-bond acceptors (Lipinski definition) is 4. The second kappa shape index (κ2) is 7.46. The first-order chi connectivity index (χ1) is 13.0. The molecule has 4 rings (SSSR count). The van der Waals surface area contributed by atoms with Crippen LogP contribution in [0.3, 0.4) is 0 Å². The fourth-order valence-electron chi connectivity index (χ4n) is 4.28. The van der Waals surface area contributed by atoms with E-state index in [4.69, 9.17) is 28.2 Å². The van der Waals surface area contributed by atoms with E-state index in [1.54, 1.807) is 10.6 Å². The minimum Gasteiger partial charge on any atom is -0.297 e. The number of nitrogens with zero attached hydrogens (tertiary/aromatic N) is 4. The number of aromatic nitrogens is 2. The van der Waals surface area contributed by atoms with Gasteiger partial charge in [0.25, 0.3) is 5.56 Å². The van der Waals surface area contributed by atoms with Crippen molar-refractivity contribution in [2.24, 2.45) is 0 Å². The molecule has 2 aromatic rings. The lowest BCUT2D eigenvalue weighted by Gasteiger charge is -2.41. The Morgan fingerprint density at radius 3 is 2.59 bits per heavy atom. The highest BCUT2D eigenvalue weighted by Crippen LogP contribution is 2.36. The molecule has 144 valence electrons. The highest BCUT2D eigenvalue weighted by atomic mass is 35.5. The van der Waals surface area contributed by atoms with E-state index in [2.05, 4.69) is 4.90 Å². The van der Waals surface area contributed by atoms with Crippen molar-refractivity contribution >= 4 is 34.8 Å². The van der Waals surface area contributed by atoms with Crippen LogP contribution in [0.5, 0.6) is 0 Å². The number of halogens is 2. The first-order valence-electron chi connectivity index (χ1n) is 9.56. The van der Waals surface area contributed by atoms with Gasteiger partial charge in [-0.25, -0.2) is 4.98 Å². The fourth-order valence-corrected chi connectivity index (χ4v) is 4.79. The zero-order chi connectivity index (χ0) is 19.1. The van der Waals surface area contributed by atoms with Crippen LogP contribution in [0.2, 0.25) is 10.0 Å². The Hall–Kier alpha value is -1.56. The van der Waals surface area contributed by atoms with Crippen molar-refractivity contribution in [2.75, 3.05) is 11.6 Å². The first-order valence-corrected chi connectivity index (χ1v) is 10.3. The molecule has 27 heavy (non-hydrogen) atoms. The maximum absolute atomic E-state index is 13.2. The molecule has 1 aromatic heterocycles. The van der Waals surface area contributed by atoms with Crippen LogP contribution in [-0.2, 0) is 13.1 Å². The van der Waals surface area contributed by atoms with Gasteiger partial charge in [0.1, 0.15) is 0 Å². The standard InChI is InChI=1S/C20H24Cl2N4O/c1-3-16-13(2)23-20-25(18-9-8-14(21)10-17(18)22)11-24(12-26(20)19(16)27)15-6-4-5-7-15/h8-10,15H,3-7,11-12H2,1-2H3. The number of rotatable bonds is 3. The summed E-state index contributed by atoms with van der Waals surface area (Å²) in [5, 5.41) is 1.16. The topological polar surface area (TPSA) is 41.4 Å². The van der Waals surface area contributed by atoms with Gasteiger partial charge in [-0.05, 0) is 44.4 Å². The zero-order valence-corrected chi connectivity index (χ0v) is 17.2. The predicted octanol–water partition coefficient (Wildman–Crippen LogP) is 4.73. The molecular formula is C20H24Cl2N4O. The SMILES string of the molecule is CCc1c(C)nc2n(c1=O)CN(C1CCCC1)CN2c1ccc(Cl)cc1Cl. The molecular weight excluding hydrogens is 383 g/mol. The van der Waals surface area contributed by atoms with Gasteiger partial charge in [0.05, 0.1) is 24.0 Å². The van der Waals surface area contributed by atoms with Gasteiger partial charge in [-0.15, -0.1) is 0 Å². The lowest BCUT2D eigenvalue weighted by atomic mass is 10.1. The van der Waals surface area contributed by atoms with Crippen LogP contribution in [0.1, 0.15) is 43.9 Å². The molecule has 1 fully saturated rings. The number of fused-ring (bicyclic) bond motifs is 1. The Bertz CT molecular complexity index is 921. The molecule has 0 N–H and O–H groups in total. The summed E-state index contributed by atoms with van der Waals surface area (Å²) in [5.41, 5.74) is 2.46. The molecule has 0 saturated heterocycles. The summed E-state index contributed by atoms with van der Waals surface area (Å²) in [6, 6.07) is 5.96. The molecule has 0 bridgehead atoms. The normalized spacial score (nSPS) is 18.1. The van der Waals surface area contributed by atoms with Gasteiger partial charge >= 0.3 is 0 Å². The Labute approximate surface area is 169 Å². The highest BCUT2D eigenvalue weighted by Gasteiger charge is 2.33. The monoisotopic (exact) mass is 406 g/mol. The molecule has 1 saturated carbocycles. The molecule has 2 heterocycles. The summed E-state index contributed by atoms with van der Waals surface area (Å²) >= 11 is 12.6. The minimum absolute atomic E-state index is 0.0535. The third-order valence-electron chi connectivity index (χ3n) is 5.73. The van der Waals surface area contributed by atoms with E-state index in [-0.39, 0.29) is 5.56 Å². The maximum Gasteiger partial charge on any atom is 0.259 e. The summed E-state index contributed by atoms with van der Waals surface area (Å²) in [6.45, 7) is 5.17. The summed E-state index contributed by atoms with van der Waals surface area (Å²) in [5.74, 6) is 0.660. The molecule has 1 aliphatic carbocycles. The van der Waals surface area contributed by atoms with Crippen LogP contribution in [0.15, 0.2) is 23.0 Å². The second-order valence-corrected chi connectivity index (χ2v) is 8.24. The van der Waals surface area contributed by atoms with Crippen LogP contribution in [0.4, 0.5) is 11.6 Å². The highest BCUT2D eigenvalue weighted by molar-refractivity contribution is 6.36. The summed E-state index contributed by atoms with van der Waals surface area (Å²) in [4.78, 5) is 22.4. The molecule has 1 aliphatic heterocycles. The molecule has 0 spiro atoms. The number of hydrogen-bond donors (Lipinski definition) is 0. The molecule has 0 atom stereocenters. The second-order valence-electron chi connectivity index (χ2n) is 7.40. The van der Waals surface area contributed by atoms with Gasteiger partial charge in [0, 0.05) is 22.3 Å². The number of benzene rings is 1.